The number of anilines is 1. The van der Waals surface area contributed by atoms with Gasteiger partial charge < -0.3 is 21.1 Å². The molecule has 0 saturated carbocycles. The summed E-state index contributed by atoms with van der Waals surface area (Å²) in [5, 5.41) is 1.11. The summed E-state index contributed by atoms with van der Waals surface area (Å²) in [6, 6.07) is 4.31. The van der Waals surface area contributed by atoms with Crippen molar-refractivity contribution >= 4 is 41.6 Å². The minimum absolute atomic E-state index is 0.00961. The van der Waals surface area contributed by atoms with Crippen LogP contribution in [0.1, 0.15) is 33.1 Å². The second-order valence-electron chi connectivity index (χ2n) is 7.39. The molecule has 0 spiro atoms. The van der Waals surface area contributed by atoms with Crippen molar-refractivity contribution in [1.29, 1.82) is 0 Å². The van der Waals surface area contributed by atoms with Gasteiger partial charge in [0.1, 0.15) is 29.0 Å². The Hall–Kier alpha value is -1.96. The lowest BCUT2D eigenvalue weighted by atomic mass is 10.0. The van der Waals surface area contributed by atoms with Crippen molar-refractivity contribution in [2.24, 2.45) is 27.4 Å². The first-order valence-electron chi connectivity index (χ1n) is 10.7. The molecule has 2 rings (SSSR count). The maximum atomic E-state index is 13.5. The van der Waals surface area contributed by atoms with Gasteiger partial charge in [-0.05, 0) is 52.7 Å². The number of hydrogen-bond acceptors (Lipinski definition) is 8. The van der Waals surface area contributed by atoms with Gasteiger partial charge in [0.05, 0.1) is 23.5 Å². The molecule has 0 saturated heterocycles. The standard InChI is InChI=1S/C22H33FN5O2PS/c1-4-5-16(8-9-24)14-31-22(29)21(32-15(2)26-3)27-13-20(25)28-10-11-30-19-12-17(23)6-7-18(19)28/h6-7,12-13,16,31H,4-5,8-11,14,24-25H2,1-3H3/b20-13-,26-15?,27-21?. The number of rotatable bonds is 10. The van der Waals surface area contributed by atoms with Crippen molar-refractivity contribution in [1.82, 2.24) is 0 Å². The van der Waals surface area contributed by atoms with Crippen LogP contribution in [0.5, 0.6) is 5.75 Å². The fraction of sp³-hybridized carbons (Fsp3) is 0.500. The first kappa shape index (κ1) is 26.3. The highest BCUT2D eigenvalue weighted by atomic mass is 32.2. The van der Waals surface area contributed by atoms with E-state index in [0.29, 0.717) is 47.9 Å². The molecular weight excluding hydrogens is 448 g/mol. The number of benzene rings is 1. The van der Waals surface area contributed by atoms with Crippen LogP contribution in [0, 0.1) is 11.7 Å². The van der Waals surface area contributed by atoms with Crippen molar-refractivity contribution in [2.45, 2.75) is 33.1 Å². The number of halogens is 1. The molecule has 1 aromatic rings. The predicted molar refractivity (Wildman–Crippen MR) is 136 cm³/mol. The minimum atomic E-state index is -0.373. The Morgan fingerprint density at radius 2 is 2.22 bits per heavy atom. The molecule has 2 atom stereocenters. The Kier molecular flexibility index (Phi) is 11.1. The quantitative estimate of drug-likeness (QED) is 0.298. The zero-order valence-corrected chi connectivity index (χ0v) is 20.8. The third-order valence-electron chi connectivity index (χ3n) is 4.99. The molecule has 10 heteroatoms. The topological polar surface area (TPSA) is 106 Å². The van der Waals surface area contributed by atoms with E-state index in [1.54, 1.807) is 18.0 Å². The van der Waals surface area contributed by atoms with Crippen LogP contribution in [-0.2, 0) is 4.79 Å². The summed E-state index contributed by atoms with van der Waals surface area (Å²) in [4.78, 5) is 23.3. The first-order valence-corrected chi connectivity index (χ1v) is 12.7. The lowest BCUT2D eigenvalue weighted by Crippen LogP contribution is -2.35. The molecular formula is C22H33FN5O2PS. The molecule has 0 fully saturated rings. The Bertz CT molecular complexity index is 872. The van der Waals surface area contributed by atoms with Crippen molar-refractivity contribution < 1.29 is 13.9 Å². The molecule has 2 unspecified atom stereocenters. The van der Waals surface area contributed by atoms with Gasteiger partial charge in [0, 0.05) is 13.1 Å². The molecule has 1 aromatic carbocycles. The largest absolute Gasteiger partial charge is 0.489 e. The second kappa shape index (κ2) is 13.6. The molecule has 32 heavy (non-hydrogen) atoms. The molecule has 176 valence electrons. The van der Waals surface area contributed by atoms with Crippen LogP contribution in [0.25, 0.3) is 0 Å². The third-order valence-corrected chi connectivity index (χ3v) is 7.47. The molecule has 4 N–H and O–H groups in total. The number of carbonyl (C=O) groups excluding carboxylic acids is 1. The average Bonchev–Trinajstić information content (AvgIpc) is 2.79. The zero-order chi connectivity index (χ0) is 23.5. The maximum Gasteiger partial charge on any atom is 0.206 e. The molecule has 1 aliphatic rings. The molecule has 1 aliphatic heterocycles. The number of carbonyl (C=O) groups is 1. The molecule has 0 aliphatic carbocycles. The van der Waals surface area contributed by atoms with Crippen LogP contribution in [0.4, 0.5) is 10.1 Å². The number of ether oxygens (including phenoxy) is 1. The van der Waals surface area contributed by atoms with E-state index in [-0.39, 0.29) is 19.9 Å². The van der Waals surface area contributed by atoms with Gasteiger partial charge in [-0.15, -0.1) is 0 Å². The van der Waals surface area contributed by atoms with Gasteiger partial charge in [0.2, 0.25) is 5.52 Å². The first-order chi connectivity index (χ1) is 15.4. The van der Waals surface area contributed by atoms with Gasteiger partial charge in [-0.3, -0.25) is 9.79 Å². The fourth-order valence-corrected chi connectivity index (χ4v) is 5.32. The molecule has 0 amide bonds. The summed E-state index contributed by atoms with van der Waals surface area (Å²) in [7, 11) is 1.80. The van der Waals surface area contributed by atoms with Crippen LogP contribution in [-0.4, -0.2) is 48.5 Å². The number of thioether (sulfide) groups is 1. The molecule has 0 bridgehead atoms. The van der Waals surface area contributed by atoms with Crippen molar-refractivity contribution in [3.05, 3.63) is 36.0 Å². The summed E-state index contributed by atoms with van der Waals surface area (Å²) in [6.07, 6.45) is 5.36. The number of nitrogens with zero attached hydrogens (tertiary/aromatic N) is 3. The van der Waals surface area contributed by atoms with Crippen molar-refractivity contribution in [2.75, 3.05) is 37.8 Å². The van der Waals surface area contributed by atoms with E-state index in [4.69, 9.17) is 16.2 Å². The van der Waals surface area contributed by atoms with E-state index in [0.717, 1.165) is 30.5 Å². The Labute approximate surface area is 195 Å². The highest BCUT2D eigenvalue weighted by Gasteiger charge is 2.21. The van der Waals surface area contributed by atoms with Crippen LogP contribution in [0.2, 0.25) is 0 Å². The smallest absolute Gasteiger partial charge is 0.206 e. The summed E-state index contributed by atoms with van der Waals surface area (Å²) in [6.45, 7) is 5.49. The lowest BCUT2D eigenvalue weighted by Gasteiger charge is -2.30. The lowest BCUT2D eigenvalue weighted by molar-refractivity contribution is -0.105. The van der Waals surface area contributed by atoms with E-state index in [9.17, 15) is 9.18 Å². The minimum Gasteiger partial charge on any atom is -0.489 e. The molecule has 0 aromatic heterocycles. The van der Waals surface area contributed by atoms with E-state index in [1.165, 1.54) is 30.1 Å². The van der Waals surface area contributed by atoms with Gasteiger partial charge in [0.25, 0.3) is 0 Å². The SMILES string of the molecule is CCCC(CCN)CPC(=O)C(=N/C=C(/N)N1CCOc2cc(F)ccc21)SC(C)=NC. The number of hydrogen-bond donors (Lipinski definition) is 2. The Balaban J connectivity index is 2.20. The number of fused-ring (bicyclic) bond motifs is 1. The van der Waals surface area contributed by atoms with E-state index in [2.05, 4.69) is 16.9 Å². The van der Waals surface area contributed by atoms with Crippen molar-refractivity contribution in [3.63, 3.8) is 0 Å². The fourth-order valence-electron chi connectivity index (χ4n) is 3.28. The van der Waals surface area contributed by atoms with Crippen LogP contribution in [0.3, 0.4) is 0 Å². The van der Waals surface area contributed by atoms with Gasteiger partial charge in [-0.25, -0.2) is 9.38 Å². The highest BCUT2D eigenvalue weighted by molar-refractivity contribution is 8.29. The van der Waals surface area contributed by atoms with Crippen LogP contribution in [0.15, 0.2) is 40.2 Å². The van der Waals surface area contributed by atoms with Gasteiger partial charge in [-0.1, -0.05) is 31.5 Å². The van der Waals surface area contributed by atoms with Gasteiger partial charge in [0.15, 0.2) is 0 Å². The summed E-state index contributed by atoms with van der Waals surface area (Å²) in [5.74, 6) is 0.861. The predicted octanol–water partition coefficient (Wildman–Crippen LogP) is 3.93. The van der Waals surface area contributed by atoms with Crippen LogP contribution < -0.4 is 21.1 Å². The normalized spacial score (nSPS) is 16.3. The van der Waals surface area contributed by atoms with E-state index >= 15 is 0 Å². The van der Waals surface area contributed by atoms with Crippen LogP contribution >= 0.6 is 20.3 Å². The monoisotopic (exact) mass is 481 g/mol. The number of aliphatic imine (C=N–C) groups is 2. The summed E-state index contributed by atoms with van der Waals surface area (Å²) < 4.78 is 19.1. The van der Waals surface area contributed by atoms with Crippen molar-refractivity contribution in [3.8, 4) is 5.75 Å². The zero-order valence-electron chi connectivity index (χ0n) is 18.9. The summed E-state index contributed by atoms with van der Waals surface area (Å²) in [5.41, 5.74) is 12.7. The third kappa shape index (κ3) is 7.87. The van der Waals surface area contributed by atoms with E-state index in [1.807, 2.05) is 6.92 Å². The van der Waals surface area contributed by atoms with Gasteiger partial charge in [-0.2, -0.15) is 0 Å². The number of nitrogens with two attached hydrogens (primary N) is 2. The molecule has 7 nitrogen and oxygen atoms in total. The summed E-state index contributed by atoms with van der Waals surface area (Å²) >= 11 is 1.25. The molecule has 1 heterocycles. The highest BCUT2D eigenvalue weighted by Crippen LogP contribution is 2.33. The maximum absolute atomic E-state index is 13.5. The average molecular weight is 482 g/mol. The Morgan fingerprint density at radius 3 is 2.91 bits per heavy atom. The van der Waals surface area contributed by atoms with Gasteiger partial charge >= 0.3 is 0 Å². The Morgan fingerprint density at radius 1 is 1.44 bits per heavy atom. The van der Waals surface area contributed by atoms with E-state index < -0.39 is 0 Å². The molecule has 0 radical (unpaired) electrons. The second-order valence-corrected chi connectivity index (χ2v) is 9.78.